The molecular formula is C40H28Bi2O2. The van der Waals surface area contributed by atoms with E-state index in [0.29, 0.717) is 0 Å². The minimum atomic E-state index is -2.91. The van der Waals surface area contributed by atoms with E-state index in [0.717, 1.165) is 22.7 Å². The van der Waals surface area contributed by atoms with Gasteiger partial charge in [0.05, 0.1) is 0 Å². The summed E-state index contributed by atoms with van der Waals surface area (Å²) in [5, 5.41) is 2.40. The molecule has 4 heteroatoms. The van der Waals surface area contributed by atoms with Gasteiger partial charge in [0.25, 0.3) is 0 Å². The molecule has 0 aliphatic carbocycles. The van der Waals surface area contributed by atoms with Gasteiger partial charge in [-0.15, -0.1) is 0 Å². The normalized spacial score (nSPS) is 11.6. The van der Waals surface area contributed by atoms with Crippen molar-refractivity contribution in [3.05, 3.63) is 170 Å². The van der Waals surface area contributed by atoms with Crippen LogP contribution in [0.4, 0.5) is 0 Å². The van der Waals surface area contributed by atoms with Crippen LogP contribution in [0, 0.1) is 0 Å². The standard InChI is InChI=1S/C16H8O2.4C6H5.2Bi/c1-3-7-13-11(5-1)9-15(17-13)16-10-12-6-2-4-8-14(12)18-16;4*1-2-4-6-5-3-1;;/h1-8H;4*1-5H;;. The second-order valence-corrected chi connectivity index (χ2v) is 27.3. The average molecular weight is 959 g/mol. The van der Waals surface area contributed by atoms with Crippen molar-refractivity contribution >= 4 is 85.1 Å². The van der Waals surface area contributed by atoms with E-state index in [2.05, 4.69) is 170 Å². The van der Waals surface area contributed by atoms with Gasteiger partial charge in [-0.05, 0) is 0 Å². The van der Waals surface area contributed by atoms with Gasteiger partial charge in [0, 0.05) is 0 Å². The number of rotatable bonds is 7. The Morgan fingerprint density at radius 2 is 0.568 bits per heavy atom. The molecule has 8 rings (SSSR count). The van der Waals surface area contributed by atoms with Crippen molar-refractivity contribution in [1.29, 1.82) is 0 Å². The van der Waals surface area contributed by atoms with Crippen LogP contribution in [0.2, 0.25) is 0 Å². The molecule has 0 saturated carbocycles. The summed E-state index contributed by atoms with van der Waals surface area (Å²) >= 11 is -5.81. The minimum absolute atomic E-state index is 0.912. The molecule has 0 aliphatic heterocycles. The molecule has 8 aromatic rings. The summed E-state index contributed by atoms with van der Waals surface area (Å²) in [6.07, 6.45) is 0. The fraction of sp³-hybridized carbons (Fsp3) is 0. The first-order chi connectivity index (χ1) is 21.9. The fourth-order valence-corrected chi connectivity index (χ4v) is 25.6. The maximum atomic E-state index is 6.99. The molecule has 0 aliphatic rings. The van der Waals surface area contributed by atoms with Crippen molar-refractivity contribution in [2.45, 2.75) is 0 Å². The third-order valence-electron chi connectivity index (χ3n) is 7.85. The Labute approximate surface area is 273 Å². The van der Waals surface area contributed by atoms with E-state index in [1.165, 1.54) is 30.4 Å². The molecule has 44 heavy (non-hydrogen) atoms. The topological polar surface area (TPSA) is 26.3 Å². The van der Waals surface area contributed by atoms with Gasteiger partial charge in [0.15, 0.2) is 0 Å². The monoisotopic (exact) mass is 958 g/mol. The molecule has 0 amide bonds. The van der Waals surface area contributed by atoms with Crippen LogP contribution in [0.5, 0.6) is 0 Å². The zero-order chi connectivity index (χ0) is 29.3. The van der Waals surface area contributed by atoms with Crippen LogP contribution in [0.15, 0.2) is 179 Å². The number of para-hydroxylation sites is 2. The fourth-order valence-electron chi connectivity index (χ4n) is 5.94. The Balaban J connectivity index is 1.48. The molecule has 0 bridgehead atoms. The van der Waals surface area contributed by atoms with Gasteiger partial charge in [-0.1, -0.05) is 0 Å². The van der Waals surface area contributed by atoms with E-state index in [4.69, 9.17) is 8.83 Å². The number of hydrogen-bond acceptors (Lipinski definition) is 2. The second-order valence-electron chi connectivity index (χ2n) is 10.6. The molecule has 210 valence electrons. The Morgan fingerprint density at radius 1 is 0.295 bits per heavy atom. The van der Waals surface area contributed by atoms with Crippen molar-refractivity contribution < 1.29 is 8.83 Å². The molecule has 6 aromatic carbocycles. The van der Waals surface area contributed by atoms with Crippen LogP contribution >= 0.6 is 0 Å². The molecule has 2 heterocycles. The number of furan rings is 2. The molecule has 0 unspecified atom stereocenters. The maximum absolute atomic E-state index is 6.99. The molecule has 0 radical (unpaired) electrons. The molecule has 2 aromatic heterocycles. The third-order valence-corrected chi connectivity index (χ3v) is 27.4. The zero-order valence-corrected chi connectivity index (χ0v) is 30.8. The van der Waals surface area contributed by atoms with Gasteiger partial charge in [-0.25, -0.2) is 0 Å². The first kappa shape index (κ1) is 27.7. The summed E-state index contributed by atoms with van der Waals surface area (Å²) < 4.78 is 22.4. The summed E-state index contributed by atoms with van der Waals surface area (Å²) in [5.41, 5.74) is 1.84. The predicted molar refractivity (Wildman–Crippen MR) is 187 cm³/mol. The summed E-state index contributed by atoms with van der Waals surface area (Å²) in [4.78, 5) is 0. The summed E-state index contributed by atoms with van der Waals surface area (Å²) in [7, 11) is 0. The molecule has 0 saturated heterocycles. The van der Waals surface area contributed by atoms with Crippen molar-refractivity contribution in [2.24, 2.45) is 0 Å². The van der Waals surface area contributed by atoms with Crippen LogP contribution < -0.4 is 19.6 Å². The van der Waals surface area contributed by atoms with Gasteiger partial charge < -0.3 is 0 Å². The summed E-state index contributed by atoms with van der Waals surface area (Å²) in [6, 6.07) is 61.4. The van der Waals surface area contributed by atoms with E-state index in [9.17, 15) is 0 Å². The van der Waals surface area contributed by atoms with Gasteiger partial charge in [0.1, 0.15) is 0 Å². The van der Waals surface area contributed by atoms with Gasteiger partial charge in [-0.3, -0.25) is 0 Å². The van der Waals surface area contributed by atoms with Gasteiger partial charge >= 0.3 is 275 Å². The molecule has 0 fully saturated rings. The van der Waals surface area contributed by atoms with Crippen LogP contribution in [-0.2, 0) is 0 Å². The Kier molecular flexibility index (Phi) is 7.73. The van der Waals surface area contributed by atoms with Crippen LogP contribution in [0.1, 0.15) is 0 Å². The molecule has 0 N–H and O–H groups in total. The summed E-state index contributed by atoms with van der Waals surface area (Å²) in [6.45, 7) is 0. The Bertz CT molecular complexity index is 1930. The zero-order valence-electron chi connectivity index (χ0n) is 23.9. The Morgan fingerprint density at radius 3 is 0.886 bits per heavy atom. The van der Waals surface area contributed by atoms with Crippen molar-refractivity contribution in [2.75, 3.05) is 0 Å². The van der Waals surface area contributed by atoms with E-state index in [1.54, 1.807) is 0 Å². The van der Waals surface area contributed by atoms with E-state index in [-0.39, 0.29) is 0 Å². The number of hydrogen-bond donors (Lipinski definition) is 0. The van der Waals surface area contributed by atoms with E-state index in [1.807, 2.05) is 0 Å². The average Bonchev–Trinajstić information content (AvgIpc) is 3.66. The van der Waals surface area contributed by atoms with E-state index >= 15 is 0 Å². The van der Waals surface area contributed by atoms with Crippen molar-refractivity contribution in [1.82, 2.24) is 0 Å². The van der Waals surface area contributed by atoms with Crippen molar-refractivity contribution in [3.8, 4) is 11.5 Å². The Hall–Kier alpha value is -3.83. The van der Waals surface area contributed by atoms with Crippen LogP contribution in [0.3, 0.4) is 0 Å². The first-order valence-electron chi connectivity index (χ1n) is 14.7. The number of fused-ring (bicyclic) bond motifs is 2. The first-order valence-corrected chi connectivity index (χ1v) is 25.1. The quantitative estimate of drug-likeness (QED) is 0.187. The number of benzene rings is 6. The third kappa shape index (κ3) is 5.05. The van der Waals surface area contributed by atoms with Gasteiger partial charge in [-0.2, -0.15) is 0 Å². The van der Waals surface area contributed by atoms with Crippen LogP contribution in [-0.4, -0.2) is 43.5 Å². The summed E-state index contributed by atoms with van der Waals surface area (Å²) in [5.74, 6) is 1.82. The van der Waals surface area contributed by atoms with Crippen LogP contribution in [0.25, 0.3) is 33.5 Å². The van der Waals surface area contributed by atoms with Crippen molar-refractivity contribution in [3.63, 3.8) is 0 Å². The predicted octanol–water partition coefficient (Wildman–Crippen LogP) is 5.88. The van der Waals surface area contributed by atoms with Gasteiger partial charge in [0.2, 0.25) is 0 Å². The molecule has 0 spiro atoms. The molecular weight excluding hydrogens is 930 g/mol. The molecule has 0 atom stereocenters. The van der Waals surface area contributed by atoms with E-state index < -0.39 is 43.5 Å². The SMILES string of the molecule is c1cc[c]([Bi]([c]2ccccc2)[c]2c(-c3oc4ccccc4[c]3[Bi]([c]3ccccc3)[c]3ccccc3)oc3ccccc23)cc1. The second kappa shape index (κ2) is 12.3. The molecule has 2 nitrogen and oxygen atoms in total.